The molecule has 0 bridgehead atoms. The Balaban J connectivity index is 1.82. The Hall–Kier alpha value is -2.01. The molecule has 0 saturated heterocycles. The molecule has 3 aromatic rings. The first-order valence-corrected chi connectivity index (χ1v) is 7.49. The average Bonchev–Trinajstić information content (AvgIpc) is 2.89. The highest BCUT2D eigenvalue weighted by Crippen LogP contribution is 2.22. The Morgan fingerprint density at radius 3 is 2.90 bits per heavy atom. The van der Waals surface area contributed by atoms with E-state index in [1.54, 1.807) is 10.9 Å². The summed E-state index contributed by atoms with van der Waals surface area (Å²) in [6, 6.07) is 9.73. The van der Waals surface area contributed by atoms with Crippen molar-refractivity contribution in [1.82, 2.24) is 14.8 Å². The third-order valence-corrected chi connectivity index (χ3v) is 3.95. The van der Waals surface area contributed by atoms with Crippen molar-refractivity contribution < 1.29 is 4.79 Å². The van der Waals surface area contributed by atoms with E-state index in [-0.39, 0.29) is 5.78 Å². The fraction of sp³-hybridized carbons (Fsp3) is 0.188. The lowest BCUT2D eigenvalue weighted by Crippen LogP contribution is -2.05. The van der Waals surface area contributed by atoms with Gasteiger partial charge in [-0.2, -0.15) is 5.10 Å². The average molecular weight is 344 g/mol. The second kappa shape index (κ2) is 5.77. The molecule has 0 aliphatic rings. The second-order valence-electron chi connectivity index (χ2n) is 4.96. The first-order valence-electron chi connectivity index (χ1n) is 6.69. The van der Waals surface area contributed by atoms with Crippen LogP contribution in [-0.2, 0) is 13.5 Å². The monoisotopic (exact) mass is 343 g/mol. The maximum absolute atomic E-state index is 12.4. The zero-order chi connectivity index (χ0) is 14.8. The first-order chi connectivity index (χ1) is 10.1. The zero-order valence-electron chi connectivity index (χ0n) is 11.6. The predicted octanol–water partition coefficient (Wildman–Crippen LogP) is 3.55. The molecule has 0 saturated carbocycles. The number of halogens is 1. The Kier molecular flexibility index (Phi) is 3.84. The van der Waals surface area contributed by atoms with Gasteiger partial charge in [-0.15, -0.1) is 0 Å². The highest BCUT2D eigenvalue weighted by Gasteiger charge is 2.13. The number of ketones is 1. The topological polar surface area (TPSA) is 47.8 Å². The molecule has 5 heteroatoms. The maximum Gasteiger partial charge on any atom is 0.182 e. The largest absolute Gasteiger partial charge is 0.292 e. The van der Waals surface area contributed by atoms with E-state index in [0.29, 0.717) is 18.5 Å². The number of rotatable bonds is 4. The Morgan fingerprint density at radius 2 is 2.14 bits per heavy atom. The number of benzene rings is 1. The van der Waals surface area contributed by atoms with Crippen LogP contribution in [0.15, 0.2) is 47.2 Å². The molecule has 2 aromatic heterocycles. The summed E-state index contributed by atoms with van der Waals surface area (Å²) < 4.78 is 2.49. The van der Waals surface area contributed by atoms with Crippen LogP contribution >= 0.6 is 15.9 Å². The molecule has 4 nitrogen and oxygen atoms in total. The van der Waals surface area contributed by atoms with Gasteiger partial charge in [0, 0.05) is 29.5 Å². The Morgan fingerprint density at radius 1 is 1.33 bits per heavy atom. The van der Waals surface area contributed by atoms with Gasteiger partial charge in [-0.05, 0) is 40.0 Å². The number of fused-ring (bicyclic) bond motifs is 1. The van der Waals surface area contributed by atoms with E-state index >= 15 is 0 Å². The van der Waals surface area contributed by atoms with Crippen LogP contribution in [0.2, 0.25) is 0 Å². The molecule has 0 unspecified atom stereocenters. The zero-order valence-corrected chi connectivity index (χ0v) is 13.2. The minimum Gasteiger partial charge on any atom is -0.292 e. The van der Waals surface area contributed by atoms with Crippen LogP contribution in [0.5, 0.6) is 0 Å². The number of hydrogen-bond acceptors (Lipinski definition) is 3. The van der Waals surface area contributed by atoms with Crippen molar-refractivity contribution in [2.24, 2.45) is 7.05 Å². The standard InChI is InChI=1S/C16H14BrN3O/c1-20-10-11(9-18-20)6-7-15(21)16-13(17)8-12-4-2-3-5-14(12)19-16/h2-5,8-10H,6-7H2,1H3. The van der Waals surface area contributed by atoms with Gasteiger partial charge in [-0.3, -0.25) is 9.48 Å². The molecule has 0 spiro atoms. The smallest absolute Gasteiger partial charge is 0.182 e. The van der Waals surface area contributed by atoms with Gasteiger partial charge in [-0.25, -0.2) is 4.98 Å². The molecule has 2 heterocycles. The first kappa shape index (κ1) is 13.9. The van der Waals surface area contributed by atoms with Crippen molar-refractivity contribution >= 4 is 32.6 Å². The predicted molar refractivity (Wildman–Crippen MR) is 85.3 cm³/mol. The van der Waals surface area contributed by atoms with Crippen LogP contribution in [0.3, 0.4) is 0 Å². The van der Waals surface area contributed by atoms with Gasteiger partial charge in [0.05, 0.1) is 11.7 Å². The lowest BCUT2D eigenvalue weighted by Gasteiger charge is -2.05. The highest BCUT2D eigenvalue weighted by atomic mass is 79.9. The van der Waals surface area contributed by atoms with E-state index < -0.39 is 0 Å². The van der Waals surface area contributed by atoms with E-state index in [4.69, 9.17) is 0 Å². The number of para-hydroxylation sites is 1. The van der Waals surface area contributed by atoms with Crippen molar-refractivity contribution in [2.45, 2.75) is 12.8 Å². The van der Waals surface area contributed by atoms with Crippen LogP contribution in [0.4, 0.5) is 0 Å². The number of hydrogen-bond donors (Lipinski definition) is 0. The number of pyridine rings is 1. The number of carbonyl (C=O) groups excluding carboxylic acids is 1. The van der Waals surface area contributed by atoms with Crippen LogP contribution in [0.25, 0.3) is 10.9 Å². The van der Waals surface area contributed by atoms with Crippen molar-refractivity contribution in [3.05, 3.63) is 58.5 Å². The number of aromatic nitrogens is 3. The van der Waals surface area contributed by atoms with Gasteiger partial charge in [0.1, 0.15) is 5.69 Å². The summed E-state index contributed by atoms with van der Waals surface area (Å²) in [6.07, 6.45) is 4.82. The fourth-order valence-corrected chi connectivity index (χ4v) is 2.82. The van der Waals surface area contributed by atoms with Crippen LogP contribution in [0.1, 0.15) is 22.5 Å². The van der Waals surface area contributed by atoms with E-state index in [1.807, 2.05) is 43.6 Å². The molecule has 0 atom stereocenters. The van der Waals surface area contributed by atoms with Gasteiger partial charge >= 0.3 is 0 Å². The van der Waals surface area contributed by atoms with E-state index in [1.165, 1.54) is 0 Å². The molecular formula is C16H14BrN3O. The summed E-state index contributed by atoms with van der Waals surface area (Å²) in [7, 11) is 1.87. The summed E-state index contributed by atoms with van der Waals surface area (Å²) in [4.78, 5) is 16.8. The molecule has 0 amide bonds. The van der Waals surface area contributed by atoms with Crippen molar-refractivity contribution in [1.29, 1.82) is 0 Å². The van der Waals surface area contributed by atoms with E-state index in [2.05, 4.69) is 26.0 Å². The minimum atomic E-state index is 0.0384. The molecule has 1 aromatic carbocycles. The molecular weight excluding hydrogens is 330 g/mol. The Bertz CT molecular complexity index is 810. The molecule has 21 heavy (non-hydrogen) atoms. The maximum atomic E-state index is 12.4. The highest BCUT2D eigenvalue weighted by molar-refractivity contribution is 9.10. The van der Waals surface area contributed by atoms with Crippen molar-refractivity contribution in [3.8, 4) is 0 Å². The van der Waals surface area contributed by atoms with Crippen LogP contribution in [-0.4, -0.2) is 20.5 Å². The molecule has 0 aliphatic carbocycles. The number of Topliss-reactive ketones (excluding diaryl/α,β-unsaturated/α-hetero) is 1. The normalized spacial score (nSPS) is 11.0. The third-order valence-electron chi connectivity index (χ3n) is 3.34. The van der Waals surface area contributed by atoms with E-state index in [9.17, 15) is 4.79 Å². The lowest BCUT2D eigenvalue weighted by molar-refractivity contribution is 0.0977. The van der Waals surface area contributed by atoms with Gasteiger partial charge in [0.25, 0.3) is 0 Å². The van der Waals surface area contributed by atoms with Crippen LogP contribution in [0, 0.1) is 0 Å². The number of aryl methyl sites for hydroxylation is 2. The summed E-state index contributed by atoms with van der Waals surface area (Å²) in [5.74, 6) is 0.0384. The lowest BCUT2D eigenvalue weighted by atomic mass is 10.1. The van der Waals surface area contributed by atoms with Gasteiger partial charge < -0.3 is 0 Å². The molecule has 0 N–H and O–H groups in total. The SMILES string of the molecule is Cn1cc(CCC(=O)c2nc3ccccc3cc2Br)cn1. The number of nitrogens with zero attached hydrogens (tertiary/aromatic N) is 3. The third kappa shape index (κ3) is 3.03. The molecule has 3 rings (SSSR count). The number of carbonyl (C=O) groups is 1. The second-order valence-corrected chi connectivity index (χ2v) is 5.81. The summed E-state index contributed by atoms with van der Waals surface area (Å²) >= 11 is 3.45. The van der Waals surface area contributed by atoms with Gasteiger partial charge in [0.15, 0.2) is 5.78 Å². The summed E-state index contributed by atoms with van der Waals surface area (Å²) in [6.45, 7) is 0. The summed E-state index contributed by atoms with van der Waals surface area (Å²) in [5.41, 5.74) is 2.39. The quantitative estimate of drug-likeness (QED) is 0.680. The van der Waals surface area contributed by atoms with Crippen LogP contribution < -0.4 is 0 Å². The molecule has 0 radical (unpaired) electrons. The van der Waals surface area contributed by atoms with Gasteiger partial charge in [-0.1, -0.05) is 18.2 Å². The van der Waals surface area contributed by atoms with Crippen molar-refractivity contribution in [2.75, 3.05) is 0 Å². The molecule has 0 aliphatic heterocycles. The van der Waals surface area contributed by atoms with Gasteiger partial charge in [0.2, 0.25) is 0 Å². The minimum absolute atomic E-state index is 0.0384. The molecule has 0 fully saturated rings. The fourth-order valence-electron chi connectivity index (χ4n) is 2.26. The van der Waals surface area contributed by atoms with Crippen molar-refractivity contribution in [3.63, 3.8) is 0 Å². The molecule has 106 valence electrons. The Labute approximate surface area is 130 Å². The van der Waals surface area contributed by atoms with E-state index in [0.717, 1.165) is 20.9 Å². The summed E-state index contributed by atoms with van der Waals surface area (Å²) in [5, 5.41) is 5.13.